The fraction of sp³-hybridized carbons (Fsp3) is 0.556. The molecule has 2 atom stereocenters. The molecule has 0 aromatic rings. The highest BCUT2D eigenvalue weighted by Crippen LogP contribution is 2.28. The molecule has 2 nitrogen and oxygen atoms in total. The van der Waals surface area contributed by atoms with Crippen LogP contribution in [0.15, 0.2) is 47.6 Å². The largest absolute Gasteiger partial charge is 0.228 e. The van der Waals surface area contributed by atoms with Gasteiger partial charge in [0, 0.05) is 0 Å². The summed E-state index contributed by atoms with van der Waals surface area (Å²) in [7, 11) is -3.15. The Morgan fingerprint density at radius 2 is 1.24 bits per heavy atom. The Kier molecular flexibility index (Phi) is 4.92. The van der Waals surface area contributed by atoms with Crippen LogP contribution in [-0.4, -0.2) is 18.9 Å². The van der Waals surface area contributed by atoms with Gasteiger partial charge in [-0.15, -0.1) is 0 Å². The van der Waals surface area contributed by atoms with Crippen LogP contribution in [0.5, 0.6) is 0 Å². The van der Waals surface area contributed by atoms with Gasteiger partial charge in [0.2, 0.25) is 0 Å². The Morgan fingerprint density at radius 3 is 1.48 bits per heavy atom. The molecule has 2 rings (SSSR count). The number of hydrogen-bond acceptors (Lipinski definition) is 2. The number of allylic oxidation sites excluding steroid dienone is 6. The van der Waals surface area contributed by atoms with Gasteiger partial charge < -0.3 is 0 Å². The van der Waals surface area contributed by atoms with E-state index in [0.29, 0.717) is 24.7 Å². The summed E-state index contributed by atoms with van der Waals surface area (Å²) >= 11 is 0. The van der Waals surface area contributed by atoms with Gasteiger partial charge in [0.25, 0.3) is 0 Å². The summed E-state index contributed by atoms with van der Waals surface area (Å²) in [6.07, 6.45) is 13.1. The molecule has 2 unspecified atom stereocenters. The highest BCUT2D eigenvalue weighted by atomic mass is 32.2. The third kappa shape index (κ3) is 3.57. The van der Waals surface area contributed by atoms with E-state index in [9.17, 15) is 8.42 Å². The Labute approximate surface area is 129 Å². The maximum Gasteiger partial charge on any atom is 0.163 e. The molecule has 0 saturated heterocycles. The van der Waals surface area contributed by atoms with E-state index < -0.39 is 9.84 Å². The van der Waals surface area contributed by atoms with Crippen molar-refractivity contribution in [3.05, 3.63) is 47.6 Å². The molecular formula is C18H26O2S. The minimum absolute atomic E-state index is 0.372. The second kappa shape index (κ2) is 6.35. The smallest absolute Gasteiger partial charge is 0.163 e. The molecule has 0 bridgehead atoms. The predicted octanol–water partition coefficient (Wildman–Crippen LogP) is 4.22. The molecule has 21 heavy (non-hydrogen) atoms. The zero-order valence-corrected chi connectivity index (χ0v) is 14.2. The van der Waals surface area contributed by atoms with Crippen LogP contribution in [0.2, 0.25) is 0 Å². The topological polar surface area (TPSA) is 34.1 Å². The van der Waals surface area contributed by atoms with Crippen LogP contribution in [0.25, 0.3) is 0 Å². The molecule has 0 heterocycles. The van der Waals surface area contributed by atoms with Gasteiger partial charge in [0.1, 0.15) is 0 Å². The van der Waals surface area contributed by atoms with Crippen LogP contribution in [0.1, 0.15) is 40.5 Å². The average Bonchev–Trinajstić information content (AvgIpc) is 2.47. The summed E-state index contributed by atoms with van der Waals surface area (Å²) in [6.45, 7) is 8.53. The van der Waals surface area contributed by atoms with Gasteiger partial charge in [0.15, 0.2) is 9.84 Å². The molecule has 0 radical (unpaired) electrons. The Balaban J connectivity index is 2.09. The first kappa shape index (κ1) is 16.3. The maximum atomic E-state index is 12.7. The molecule has 0 N–H and O–H groups in total. The third-order valence-electron chi connectivity index (χ3n) is 4.36. The summed E-state index contributed by atoms with van der Waals surface area (Å²) in [5.74, 6) is 0.909. The predicted molar refractivity (Wildman–Crippen MR) is 89.9 cm³/mol. The number of hydrogen-bond donors (Lipinski definition) is 0. The molecular weight excluding hydrogens is 280 g/mol. The zero-order chi connectivity index (χ0) is 15.6. The van der Waals surface area contributed by atoms with Crippen LogP contribution in [0.3, 0.4) is 0 Å². The summed E-state index contributed by atoms with van der Waals surface area (Å²) < 4.78 is 25.5. The van der Waals surface area contributed by atoms with Gasteiger partial charge in [0.05, 0.1) is 10.5 Å². The van der Waals surface area contributed by atoms with Crippen LogP contribution in [-0.2, 0) is 9.84 Å². The molecule has 0 aromatic carbocycles. The second-order valence-corrected chi connectivity index (χ2v) is 8.96. The first-order valence-corrected chi connectivity index (χ1v) is 9.42. The fourth-order valence-electron chi connectivity index (χ4n) is 2.80. The second-order valence-electron chi connectivity index (χ2n) is 6.57. The molecule has 3 heteroatoms. The van der Waals surface area contributed by atoms with Gasteiger partial charge >= 0.3 is 0 Å². The first-order valence-electron chi connectivity index (χ1n) is 7.81. The van der Waals surface area contributed by atoms with Crippen molar-refractivity contribution in [2.24, 2.45) is 11.8 Å². The van der Waals surface area contributed by atoms with Crippen molar-refractivity contribution in [1.82, 2.24) is 0 Å². The van der Waals surface area contributed by atoms with Crippen molar-refractivity contribution < 1.29 is 8.42 Å². The molecule has 0 aliphatic heterocycles. The molecule has 2 aliphatic carbocycles. The molecule has 116 valence electrons. The quantitative estimate of drug-likeness (QED) is 0.779. The minimum Gasteiger partial charge on any atom is -0.228 e. The van der Waals surface area contributed by atoms with Crippen molar-refractivity contribution in [3.8, 4) is 0 Å². The van der Waals surface area contributed by atoms with Crippen LogP contribution in [0.4, 0.5) is 0 Å². The third-order valence-corrected chi connectivity index (χ3v) is 6.74. The minimum atomic E-state index is -3.15. The van der Waals surface area contributed by atoms with E-state index in [1.807, 2.05) is 24.3 Å². The van der Waals surface area contributed by atoms with Crippen molar-refractivity contribution >= 4 is 9.84 Å². The van der Waals surface area contributed by atoms with Crippen LogP contribution in [0, 0.1) is 11.8 Å². The van der Waals surface area contributed by atoms with Crippen molar-refractivity contribution in [1.29, 1.82) is 0 Å². The van der Waals surface area contributed by atoms with Gasteiger partial charge in [-0.2, -0.15) is 0 Å². The van der Waals surface area contributed by atoms with E-state index in [0.717, 1.165) is 0 Å². The first-order chi connectivity index (χ1) is 9.82. The van der Waals surface area contributed by atoms with E-state index in [1.165, 1.54) is 11.1 Å². The maximum absolute atomic E-state index is 12.7. The highest BCUT2D eigenvalue weighted by molar-refractivity contribution is 7.93. The SMILES string of the molecule is CC(C)C1=CCC(S(=O)(=O)C2C=CC(C(C)C)=CC2)C=C1. The van der Waals surface area contributed by atoms with Gasteiger partial charge in [-0.05, 0) is 35.8 Å². The van der Waals surface area contributed by atoms with Crippen LogP contribution < -0.4 is 0 Å². The lowest BCUT2D eigenvalue weighted by Crippen LogP contribution is -2.31. The Morgan fingerprint density at radius 1 is 0.857 bits per heavy atom. The monoisotopic (exact) mass is 306 g/mol. The molecule has 2 aliphatic rings. The van der Waals surface area contributed by atoms with Gasteiger partial charge in [-0.25, -0.2) is 8.42 Å². The molecule has 0 spiro atoms. The number of rotatable bonds is 4. The van der Waals surface area contributed by atoms with Crippen molar-refractivity contribution in [2.45, 2.75) is 51.0 Å². The van der Waals surface area contributed by atoms with E-state index >= 15 is 0 Å². The average molecular weight is 306 g/mol. The Bertz CT molecular complexity index is 553. The lowest BCUT2D eigenvalue weighted by atomic mass is 9.97. The lowest BCUT2D eigenvalue weighted by Gasteiger charge is -2.24. The molecule has 0 amide bonds. The summed E-state index contributed by atoms with van der Waals surface area (Å²) in [6, 6.07) is 0. The highest BCUT2D eigenvalue weighted by Gasteiger charge is 2.32. The van der Waals surface area contributed by atoms with Crippen molar-refractivity contribution in [3.63, 3.8) is 0 Å². The standard InChI is InChI=1S/C18H26O2S/c1-13(2)15-5-9-17(10-6-15)21(19,20)18-11-7-16(8-12-18)14(3)4/h5-9,11,13-14,17-18H,10,12H2,1-4H3. The molecule has 0 saturated carbocycles. The normalized spacial score (nSPS) is 26.2. The van der Waals surface area contributed by atoms with E-state index in [2.05, 4.69) is 39.8 Å². The van der Waals surface area contributed by atoms with Gasteiger partial charge in [-0.3, -0.25) is 0 Å². The lowest BCUT2D eigenvalue weighted by molar-refractivity contribution is 0.578. The molecule has 0 aromatic heterocycles. The van der Waals surface area contributed by atoms with E-state index in [4.69, 9.17) is 0 Å². The Hall–Kier alpha value is -1.09. The number of sulfone groups is 1. The molecule has 0 fully saturated rings. The summed E-state index contributed by atoms with van der Waals surface area (Å²) in [5.41, 5.74) is 2.48. The van der Waals surface area contributed by atoms with E-state index in [1.54, 1.807) is 0 Å². The zero-order valence-electron chi connectivity index (χ0n) is 13.4. The van der Waals surface area contributed by atoms with Crippen LogP contribution >= 0.6 is 0 Å². The van der Waals surface area contributed by atoms with Gasteiger partial charge in [-0.1, -0.05) is 64.2 Å². The van der Waals surface area contributed by atoms with E-state index in [-0.39, 0.29) is 10.5 Å². The summed E-state index contributed by atoms with van der Waals surface area (Å²) in [5, 5.41) is -0.743. The summed E-state index contributed by atoms with van der Waals surface area (Å²) in [4.78, 5) is 0. The van der Waals surface area contributed by atoms with Crippen molar-refractivity contribution in [2.75, 3.05) is 0 Å². The fourth-order valence-corrected chi connectivity index (χ4v) is 4.58.